The molecule has 0 saturated carbocycles. The summed E-state index contributed by atoms with van der Waals surface area (Å²) < 4.78 is 1.92. The van der Waals surface area contributed by atoms with E-state index in [9.17, 15) is 0 Å². The van der Waals surface area contributed by atoms with Crippen molar-refractivity contribution in [1.82, 2.24) is 9.55 Å². The Morgan fingerprint density at radius 3 is 2.56 bits per heavy atom. The van der Waals surface area contributed by atoms with Crippen molar-refractivity contribution in [3.8, 4) is 0 Å². The third-order valence-electron chi connectivity index (χ3n) is 2.59. The smallest absolute Gasteiger partial charge is 0.131 e. The fourth-order valence-electron chi connectivity index (χ4n) is 1.60. The highest BCUT2D eigenvalue weighted by Gasteiger charge is 2.06. The zero-order valence-corrected chi connectivity index (χ0v) is 10.7. The van der Waals surface area contributed by atoms with Crippen molar-refractivity contribution in [2.24, 2.45) is 0 Å². The molecule has 1 aromatic heterocycles. The summed E-state index contributed by atoms with van der Waals surface area (Å²) >= 11 is 12.0. The van der Waals surface area contributed by atoms with E-state index in [1.807, 2.05) is 36.6 Å². The van der Waals surface area contributed by atoms with Gasteiger partial charge in [-0.25, -0.2) is 4.98 Å². The van der Waals surface area contributed by atoms with Crippen molar-refractivity contribution < 1.29 is 0 Å². The Morgan fingerprint density at radius 1 is 1.25 bits per heavy atom. The first-order chi connectivity index (χ1) is 7.58. The molecule has 1 heterocycles. The van der Waals surface area contributed by atoms with Crippen LogP contribution in [0.15, 0.2) is 24.5 Å². The van der Waals surface area contributed by atoms with E-state index in [2.05, 4.69) is 4.98 Å². The van der Waals surface area contributed by atoms with Crippen molar-refractivity contribution in [2.75, 3.05) is 0 Å². The van der Waals surface area contributed by atoms with Crippen molar-refractivity contribution >= 4 is 23.2 Å². The SMILES string of the molecule is Cc1cc(Cl)ccc1Cn1cnc(C)c1Cl. The van der Waals surface area contributed by atoms with Gasteiger partial charge in [0.05, 0.1) is 18.6 Å². The van der Waals surface area contributed by atoms with Gasteiger partial charge in [0.15, 0.2) is 0 Å². The van der Waals surface area contributed by atoms with Crippen LogP contribution in [0.1, 0.15) is 16.8 Å². The molecule has 2 rings (SSSR count). The number of rotatable bonds is 2. The monoisotopic (exact) mass is 254 g/mol. The lowest BCUT2D eigenvalue weighted by atomic mass is 10.1. The van der Waals surface area contributed by atoms with Crippen LogP contribution in [-0.4, -0.2) is 9.55 Å². The summed E-state index contributed by atoms with van der Waals surface area (Å²) in [5.74, 6) is 0. The molecule has 0 aliphatic carbocycles. The Kier molecular flexibility index (Phi) is 3.22. The summed E-state index contributed by atoms with van der Waals surface area (Å²) in [6, 6.07) is 5.86. The molecule has 0 unspecified atom stereocenters. The number of halogens is 2. The largest absolute Gasteiger partial charge is 0.317 e. The Balaban J connectivity index is 2.30. The second kappa shape index (κ2) is 4.48. The van der Waals surface area contributed by atoms with Crippen molar-refractivity contribution in [3.05, 3.63) is 51.5 Å². The molecule has 4 heteroatoms. The average Bonchev–Trinajstić information content (AvgIpc) is 2.54. The maximum atomic E-state index is 6.12. The van der Waals surface area contributed by atoms with Crippen LogP contribution in [-0.2, 0) is 6.54 Å². The quantitative estimate of drug-likeness (QED) is 0.796. The van der Waals surface area contributed by atoms with Crippen LogP contribution in [0.3, 0.4) is 0 Å². The van der Waals surface area contributed by atoms with Gasteiger partial charge >= 0.3 is 0 Å². The van der Waals surface area contributed by atoms with Gasteiger partial charge in [0, 0.05) is 5.02 Å². The minimum atomic E-state index is 0.689. The highest BCUT2D eigenvalue weighted by atomic mass is 35.5. The molecule has 2 nitrogen and oxygen atoms in total. The lowest BCUT2D eigenvalue weighted by Gasteiger charge is -2.08. The molecular formula is C12H12Cl2N2. The van der Waals surface area contributed by atoms with Gasteiger partial charge in [-0.3, -0.25) is 0 Å². The minimum Gasteiger partial charge on any atom is -0.317 e. The Labute approximate surface area is 105 Å². The van der Waals surface area contributed by atoms with Crippen LogP contribution in [0.5, 0.6) is 0 Å². The van der Waals surface area contributed by atoms with Crippen LogP contribution in [0.25, 0.3) is 0 Å². The molecule has 0 amide bonds. The first-order valence-electron chi connectivity index (χ1n) is 5.00. The van der Waals surface area contributed by atoms with E-state index < -0.39 is 0 Å². The molecule has 0 N–H and O–H groups in total. The van der Waals surface area contributed by atoms with Gasteiger partial charge < -0.3 is 4.57 Å². The molecule has 0 radical (unpaired) electrons. The second-order valence-electron chi connectivity index (χ2n) is 3.82. The van der Waals surface area contributed by atoms with Crippen LogP contribution < -0.4 is 0 Å². The summed E-state index contributed by atoms with van der Waals surface area (Å²) in [6.07, 6.45) is 1.76. The lowest BCUT2D eigenvalue weighted by Crippen LogP contribution is -2.00. The lowest BCUT2D eigenvalue weighted by molar-refractivity contribution is 0.792. The van der Waals surface area contributed by atoms with E-state index in [0.717, 1.165) is 22.8 Å². The molecule has 0 aliphatic heterocycles. The predicted octanol–water partition coefficient (Wildman–Crippen LogP) is 3.86. The number of hydrogen-bond acceptors (Lipinski definition) is 1. The van der Waals surface area contributed by atoms with Gasteiger partial charge in [0.25, 0.3) is 0 Å². The second-order valence-corrected chi connectivity index (χ2v) is 4.61. The number of aryl methyl sites for hydroxylation is 2. The third kappa shape index (κ3) is 2.23. The summed E-state index contributed by atoms with van der Waals surface area (Å²) in [5, 5.41) is 1.45. The molecule has 0 bridgehead atoms. The zero-order valence-electron chi connectivity index (χ0n) is 9.17. The molecule has 84 valence electrons. The average molecular weight is 255 g/mol. The normalized spacial score (nSPS) is 10.8. The minimum absolute atomic E-state index is 0.689. The number of hydrogen-bond donors (Lipinski definition) is 0. The molecule has 0 spiro atoms. The molecule has 0 fully saturated rings. The van der Waals surface area contributed by atoms with Crippen LogP contribution >= 0.6 is 23.2 Å². The fourth-order valence-corrected chi connectivity index (χ4v) is 1.98. The number of benzene rings is 1. The Hall–Kier alpha value is -0.990. The molecular weight excluding hydrogens is 243 g/mol. The Morgan fingerprint density at radius 2 is 2.00 bits per heavy atom. The molecule has 2 aromatic rings. The van der Waals surface area contributed by atoms with Gasteiger partial charge in [-0.1, -0.05) is 29.3 Å². The highest BCUT2D eigenvalue weighted by Crippen LogP contribution is 2.19. The van der Waals surface area contributed by atoms with Crippen LogP contribution in [0, 0.1) is 13.8 Å². The fraction of sp³-hybridized carbons (Fsp3) is 0.250. The van der Waals surface area contributed by atoms with E-state index in [0.29, 0.717) is 5.15 Å². The van der Waals surface area contributed by atoms with Crippen molar-refractivity contribution in [1.29, 1.82) is 0 Å². The van der Waals surface area contributed by atoms with E-state index >= 15 is 0 Å². The van der Waals surface area contributed by atoms with Crippen LogP contribution in [0.4, 0.5) is 0 Å². The molecule has 0 aliphatic rings. The maximum absolute atomic E-state index is 6.12. The van der Waals surface area contributed by atoms with E-state index in [1.54, 1.807) is 6.33 Å². The molecule has 0 atom stereocenters. The summed E-state index contributed by atoms with van der Waals surface area (Å²) in [5.41, 5.74) is 3.21. The van der Waals surface area contributed by atoms with Crippen molar-refractivity contribution in [2.45, 2.75) is 20.4 Å². The number of imidazole rings is 1. The Bertz CT molecular complexity index is 518. The summed E-state index contributed by atoms with van der Waals surface area (Å²) in [4.78, 5) is 4.16. The summed E-state index contributed by atoms with van der Waals surface area (Å²) in [6.45, 7) is 4.66. The third-order valence-corrected chi connectivity index (χ3v) is 3.31. The predicted molar refractivity (Wildman–Crippen MR) is 67.3 cm³/mol. The van der Waals surface area contributed by atoms with E-state index in [-0.39, 0.29) is 0 Å². The standard InChI is InChI=1S/C12H12Cl2N2/c1-8-5-11(13)4-3-10(8)6-16-7-15-9(2)12(16)14/h3-5,7H,6H2,1-2H3. The van der Waals surface area contributed by atoms with Gasteiger partial charge in [-0.2, -0.15) is 0 Å². The van der Waals surface area contributed by atoms with Gasteiger partial charge in [-0.05, 0) is 37.1 Å². The number of nitrogens with zero attached hydrogens (tertiary/aromatic N) is 2. The van der Waals surface area contributed by atoms with Crippen LogP contribution in [0.2, 0.25) is 10.2 Å². The highest BCUT2D eigenvalue weighted by molar-refractivity contribution is 6.30. The molecule has 1 aromatic carbocycles. The maximum Gasteiger partial charge on any atom is 0.131 e. The van der Waals surface area contributed by atoms with Crippen molar-refractivity contribution in [3.63, 3.8) is 0 Å². The first-order valence-corrected chi connectivity index (χ1v) is 5.76. The zero-order chi connectivity index (χ0) is 11.7. The topological polar surface area (TPSA) is 17.8 Å². The molecule has 16 heavy (non-hydrogen) atoms. The van der Waals surface area contributed by atoms with E-state index in [1.165, 1.54) is 5.56 Å². The number of aromatic nitrogens is 2. The van der Waals surface area contributed by atoms with E-state index in [4.69, 9.17) is 23.2 Å². The summed E-state index contributed by atoms with van der Waals surface area (Å²) in [7, 11) is 0. The first kappa shape index (κ1) is 11.5. The van der Waals surface area contributed by atoms with Gasteiger partial charge in [0.2, 0.25) is 0 Å². The van der Waals surface area contributed by atoms with Gasteiger partial charge in [0.1, 0.15) is 5.15 Å². The van der Waals surface area contributed by atoms with Gasteiger partial charge in [-0.15, -0.1) is 0 Å². The molecule has 0 saturated heterocycles.